The van der Waals surface area contributed by atoms with E-state index in [-0.39, 0.29) is 0 Å². The van der Waals surface area contributed by atoms with Crippen LogP contribution >= 0.6 is 27.5 Å². The van der Waals surface area contributed by atoms with Gasteiger partial charge in [-0.3, -0.25) is 0 Å². The van der Waals surface area contributed by atoms with E-state index in [0.717, 1.165) is 22.1 Å². The fourth-order valence-corrected chi connectivity index (χ4v) is 3.39. The van der Waals surface area contributed by atoms with Gasteiger partial charge in [0.15, 0.2) is 0 Å². The minimum absolute atomic E-state index is 0.522. The van der Waals surface area contributed by atoms with Crippen LogP contribution in [0.1, 0.15) is 0 Å². The van der Waals surface area contributed by atoms with Gasteiger partial charge < -0.3 is 9.30 Å². The van der Waals surface area contributed by atoms with Gasteiger partial charge in [0.05, 0.1) is 11.8 Å². The van der Waals surface area contributed by atoms with Crippen LogP contribution in [0.15, 0.2) is 22.9 Å². The van der Waals surface area contributed by atoms with Crippen molar-refractivity contribution in [3.8, 4) is 0 Å². The Morgan fingerprint density at radius 2 is 2.11 bits per heavy atom. The predicted molar refractivity (Wildman–Crippen MR) is 86.5 cm³/mol. The third kappa shape index (κ3) is 4.05. The molecule has 0 N–H and O–H groups in total. The molecule has 0 amide bonds. The second-order valence-corrected chi connectivity index (χ2v) is 12.7. The molecule has 0 bridgehead atoms. The highest BCUT2D eigenvalue weighted by Crippen LogP contribution is 2.27. The van der Waals surface area contributed by atoms with Crippen molar-refractivity contribution < 1.29 is 4.74 Å². The van der Waals surface area contributed by atoms with Crippen molar-refractivity contribution >= 4 is 46.6 Å². The van der Waals surface area contributed by atoms with E-state index in [0.29, 0.717) is 11.8 Å². The molecule has 1 aromatic carbocycles. The Hall–Kier alpha value is -0.363. The van der Waals surface area contributed by atoms with E-state index in [2.05, 4.69) is 40.6 Å². The summed E-state index contributed by atoms with van der Waals surface area (Å²) in [6, 6.07) is 4.94. The third-order valence-electron chi connectivity index (χ3n) is 2.87. The summed E-state index contributed by atoms with van der Waals surface area (Å²) in [5, 5.41) is 0.697. The van der Waals surface area contributed by atoms with Gasteiger partial charge in [-0.05, 0) is 34.1 Å². The van der Waals surface area contributed by atoms with Crippen LogP contribution in [0.2, 0.25) is 30.7 Å². The van der Waals surface area contributed by atoms with E-state index in [1.54, 1.807) is 6.33 Å². The van der Waals surface area contributed by atoms with Gasteiger partial charge >= 0.3 is 0 Å². The quantitative estimate of drug-likeness (QED) is 0.567. The number of fused-ring (bicyclic) bond motifs is 1. The van der Waals surface area contributed by atoms with E-state index in [9.17, 15) is 0 Å². The maximum Gasteiger partial charge on any atom is 0.124 e. The van der Waals surface area contributed by atoms with Crippen molar-refractivity contribution in [1.82, 2.24) is 9.55 Å². The number of hydrogen-bond donors (Lipinski definition) is 0. The van der Waals surface area contributed by atoms with Crippen LogP contribution < -0.4 is 0 Å². The molecular formula is C13H18BrClN2OSi. The lowest BCUT2D eigenvalue weighted by atomic mass is 10.3. The van der Waals surface area contributed by atoms with Gasteiger partial charge in [0.25, 0.3) is 0 Å². The number of halogens is 2. The highest BCUT2D eigenvalue weighted by molar-refractivity contribution is 9.10. The van der Waals surface area contributed by atoms with Crippen LogP contribution in [0.4, 0.5) is 0 Å². The van der Waals surface area contributed by atoms with Crippen LogP contribution in [-0.2, 0) is 11.5 Å². The largest absolute Gasteiger partial charge is 0.361 e. The van der Waals surface area contributed by atoms with Gasteiger partial charge in [-0.1, -0.05) is 31.2 Å². The maximum atomic E-state index is 6.07. The molecule has 1 heterocycles. The molecule has 0 saturated carbocycles. The van der Waals surface area contributed by atoms with Gasteiger partial charge in [0.2, 0.25) is 0 Å². The molecule has 0 aliphatic rings. The number of benzene rings is 1. The summed E-state index contributed by atoms with van der Waals surface area (Å²) in [5.74, 6) is 0. The van der Waals surface area contributed by atoms with Crippen LogP contribution in [0.3, 0.4) is 0 Å². The van der Waals surface area contributed by atoms with Crippen molar-refractivity contribution in [3.63, 3.8) is 0 Å². The van der Waals surface area contributed by atoms with E-state index >= 15 is 0 Å². The molecule has 0 unspecified atom stereocenters. The number of aromatic nitrogens is 2. The van der Waals surface area contributed by atoms with Crippen molar-refractivity contribution in [2.75, 3.05) is 6.61 Å². The Bertz CT molecular complexity index is 580. The Morgan fingerprint density at radius 3 is 2.79 bits per heavy atom. The first kappa shape index (κ1) is 15.0. The summed E-state index contributed by atoms with van der Waals surface area (Å²) in [6.07, 6.45) is 1.79. The molecule has 104 valence electrons. The number of hydrogen-bond acceptors (Lipinski definition) is 2. The smallest absolute Gasteiger partial charge is 0.124 e. The monoisotopic (exact) mass is 360 g/mol. The van der Waals surface area contributed by atoms with Crippen molar-refractivity contribution in [1.29, 1.82) is 0 Å². The van der Waals surface area contributed by atoms with Gasteiger partial charge in [0.1, 0.15) is 12.2 Å². The van der Waals surface area contributed by atoms with Crippen molar-refractivity contribution in [2.24, 2.45) is 0 Å². The molecule has 19 heavy (non-hydrogen) atoms. The number of rotatable bonds is 5. The number of ether oxygens (including phenoxy) is 1. The van der Waals surface area contributed by atoms with E-state index in [1.165, 1.54) is 6.04 Å². The topological polar surface area (TPSA) is 27.1 Å². The van der Waals surface area contributed by atoms with Crippen LogP contribution in [-0.4, -0.2) is 24.2 Å². The van der Waals surface area contributed by atoms with Crippen molar-refractivity contribution in [2.45, 2.75) is 32.4 Å². The van der Waals surface area contributed by atoms with Gasteiger partial charge in [-0.25, -0.2) is 4.98 Å². The Morgan fingerprint density at radius 1 is 1.37 bits per heavy atom. The van der Waals surface area contributed by atoms with Gasteiger partial charge in [-0.15, -0.1) is 0 Å². The molecule has 0 atom stereocenters. The molecular weight excluding hydrogens is 344 g/mol. The Kier molecular flexibility index (Phi) is 4.71. The van der Waals surface area contributed by atoms with E-state index < -0.39 is 8.07 Å². The number of imidazole rings is 1. The van der Waals surface area contributed by atoms with E-state index in [1.807, 2.05) is 16.7 Å². The minimum atomic E-state index is -1.03. The first-order chi connectivity index (χ1) is 8.87. The average Bonchev–Trinajstić information content (AvgIpc) is 2.66. The molecule has 0 aliphatic carbocycles. The molecule has 3 nitrogen and oxygen atoms in total. The molecule has 0 spiro atoms. The first-order valence-corrected chi connectivity index (χ1v) is 11.1. The summed E-state index contributed by atoms with van der Waals surface area (Å²) in [6.45, 7) is 8.37. The summed E-state index contributed by atoms with van der Waals surface area (Å²) < 4.78 is 8.64. The molecule has 0 radical (unpaired) electrons. The van der Waals surface area contributed by atoms with Crippen LogP contribution in [0.5, 0.6) is 0 Å². The zero-order valence-corrected chi connectivity index (χ0v) is 14.8. The lowest BCUT2D eigenvalue weighted by Crippen LogP contribution is -2.21. The second kappa shape index (κ2) is 5.95. The van der Waals surface area contributed by atoms with Gasteiger partial charge in [0, 0.05) is 24.2 Å². The molecule has 1 aromatic heterocycles. The van der Waals surface area contributed by atoms with Crippen molar-refractivity contribution in [3.05, 3.63) is 28.0 Å². The average molecular weight is 362 g/mol. The summed E-state index contributed by atoms with van der Waals surface area (Å²) in [4.78, 5) is 4.37. The third-order valence-corrected chi connectivity index (χ3v) is 5.40. The molecule has 6 heteroatoms. The highest BCUT2D eigenvalue weighted by Gasteiger charge is 2.12. The lowest BCUT2D eigenvalue weighted by molar-refractivity contribution is 0.0898. The molecule has 0 fully saturated rings. The number of nitrogens with zero attached hydrogens (tertiary/aromatic N) is 2. The Labute approximate surface area is 128 Å². The standard InChI is InChI=1S/C13H18BrClN2OSi/c1-19(2,3)5-4-18-9-17-8-16-13-11(14)6-10(15)7-12(13)17/h6-8H,4-5,9H2,1-3H3. The summed E-state index contributed by atoms with van der Waals surface area (Å²) in [7, 11) is -1.03. The fourth-order valence-electron chi connectivity index (χ4n) is 1.73. The molecule has 2 rings (SSSR count). The summed E-state index contributed by atoms with van der Waals surface area (Å²) >= 11 is 9.54. The SMILES string of the molecule is C[Si](C)(C)CCOCn1cnc2c(Br)cc(Cl)cc21. The second-order valence-electron chi connectivity index (χ2n) is 5.82. The molecule has 0 saturated heterocycles. The van der Waals surface area contributed by atoms with Gasteiger partial charge in [-0.2, -0.15) is 0 Å². The normalized spacial score (nSPS) is 12.3. The highest BCUT2D eigenvalue weighted by atomic mass is 79.9. The zero-order valence-electron chi connectivity index (χ0n) is 11.4. The predicted octanol–water partition coefficient (Wildman–Crippen LogP) is 4.76. The maximum absolute atomic E-state index is 6.07. The fraction of sp³-hybridized carbons (Fsp3) is 0.462. The minimum Gasteiger partial charge on any atom is -0.361 e. The lowest BCUT2D eigenvalue weighted by Gasteiger charge is -2.15. The van der Waals surface area contributed by atoms with E-state index in [4.69, 9.17) is 16.3 Å². The first-order valence-electron chi connectivity index (χ1n) is 6.24. The van der Waals surface area contributed by atoms with Crippen LogP contribution in [0.25, 0.3) is 11.0 Å². The molecule has 0 aliphatic heterocycles. The van der Waals surface area contributed by atoms with Crippen LogP contribution in [0, 0.1) is 0 Å². The Balaban J connectivity index is 2.05. The zero-order chi connectivity index (χ0) is 14.0. The summed E-state index contributed by atoms with van der Waals surface area (Å²) in [5.41, 5.74) is 1.91. The molecule has 2 aromatic rings.